The molecule has 92 valence electrons. The molecule has 0 spiro atoms. The predicted octanol–water partition coefficient (Wildman–Crippen LogP) is 2.35. The highest BCUT2D eigenvalue weighted by Crippen LogP contribution is 2.37. The van der Waals surface area contributed by atoms with Gasteiger partial charge in [-0.05, 0) is 24.5 Å². The lowest BCUT2D eigenvalue weighted by Crippen LogP contribution is -2.51. The van der Waals surface area contributed by atoms with Crippen LogP contribution >= 0.6 is 0 Å². The third-order valence-corrected chi connectivity index (χ3v) is 3.33. The minimum Gasteiger partial charge on any atom is -0.292 e. The minimum atomic E-state index is -0.756. The van der Waals surface area contributed by atoms with Crippen LogP contribution < -0.4 is 5.32 Å². The smallest absolute Gasteiger partial charge is 0.258 e. The van der Waals surface area contributed by atoms with Crippen LogP contribution in [-0.2, 0) is 10.2 Å². The van der Waals surface area contributed by atoms with E-state index in [0.717, 1.165) is 5.56 Å². The highest BCUT2D eigenvalue weighted by Gasteiger charge is 2.44. The molecular weight excluding hydrogens is 226 g/mol. The average molecular weight is 241 g/mol. The monoisotopic (exact) mass is 241 g/mol. The molecule has 1 aromatic rings. The van der Waals surface area contributed by atoms with Crippen molar-refractivity contribution in [1.29, 1.82) is 0 Å². The number of nitrogens with one attached hydrogen (secondary N) is 1. The molecule has 1 N–H and O–H groups in total. The summed E-state index contributed by atoms with van der Waals surface area (Å²) in [6, 6.07) is 7.20. The van der Waals surface area contributed by atoms with Crippen molar-refractivity contribution in [3.05, 3.63) is 60.7 Å². The second-order valence-corrected chi connectivity index (χ2v) is 4.40. The van der Waals surface area contributed by atoms with Crippen molar-refractivity contribution in [1.82, 2.24) is 5.32 Å². The fraction of sp³-hybridized carbons (Fsp3) is 0.200. The Labute approximate surface area is 106 Å². The van der Waals surface area contributed by atoms with E-state index in [1.165, 1.54) is 0 Å². The van der Waals surface area contributed by atoms with Gasteiger partial charge < -0.3 is 0 Å². The van der Waals surface area contributed by atoms with E-state index in [1.54, 1.807) is 24.3 Å². The second kappa shape index (κ2) is 4.61. The SMILES string of the molecule is C=CCC1(CC=C)C(=O)NC(=O)c2ccccc21. The van der Waals surface area contributed by atoms with Gasteiger partial charge >= 0.3 is 0 Å². The number of carbonyl (C=O) groups is 2. The van der Waals surface area contributed by atoms with Gasteiger partial charge in [0.2, 0.25) is 5.91 Å². The highest BCUT2D eigenvalue weighted by molar-refractivity contribution is 6.13. The van der Waals surface area contributed by atoms with E-state index in [4.69, 9.17) is 0 Å². The lowest BCUT2D eigenvalue weighted by atomic mass is 9.70. The Morgan fingerprint density at radius 2 is 1.72 bits per heavy atom. The van der Waals surface area contributed by atoms with Crippen LogP contribution in [-0.4, -0.2) is 11.8 Å². The van der Waals surface area contributed by atoms with Crippen molar-refractivity contribution in [2.45, 2.75) is 18.3 Å². The Bertz CT molecular complexity index is 521. The van der Waals surface area contributed by atoms with E-state index in [9.17, 15) is 9.59 Å². The summed E-state index contributed by atoms with van der Waals surface area (Å²) in [4.78, 5) is 24.1. The number of rotatable bonds is 4. The third-order valence-electron chi connectivity index (χ3n) is 3.33. The molecule has 1 aromatic carbocycles. The summed E-state index contributed by atoms with van der Waals surface area (Å²) < 4.78 is 0. The number of allylic oxidation sites excluding steroid dienone is 2. The predicted molar refractivity (Wildman–Crippen MR) is 70.2 cm³/mol. The van der Waals surface area contributed by atoms with Gasteiger partial charge in [-0.1, -0.05) is 30.4 Å². The zero-order valence-corrected chi connectivity index (χ0v) is 10.1. The van der Waals surface area contributed by atoms with E-state index in [0.29, 0.717) is 18.4 Å². The summed E-state index contributed by atoms with van der Waals surface area (Å²) in [6.07, 6.45) is 4.37. The number of amides is 2. The van der Waals surface area contributed by atoms with Gasteiger partial charge in [0.05, 0.1) is 5.41 Å². The first kappa shape index (κ1) is 12.3. The summed E-state index contributed by atoms with van der Waals surface area (Å²) in [6.45, 7) is 7.42. The van der Waals surface area contributed by atoms with Gasteiger partial charge in [0.25, 0.3) is 5.91 Å². The molecule has 2 rings (SSSR count). The lowest BCUT2D eigenvalue weighted by molar-refractivity contribution is -0.126. The average Bonchev–Trinajstić information content (AvgIpc) is 2.37. The molecule has 0 saturated carbocycles. The molecule has 1 aliphatic rings. The van der Waals surface area contributed by atoms with Crippen molar-refractivity contribution in [2.75, 3.05) is 0 Å². The standard InChI is InChI=1S/C15H15NO2/c1-3-9-15(10-4-2)12-8-6-5-7-11(12)13(17)16-14(15)18/h3-8H,1-2,9-10H2,(H,16,17,18). The van der Waals surface area contributed by atoms with Crippen LogP contribution in [0.4, 0.5) is 0 Å². The number of hydrogen-bond donors (Lipinski definition) is 1. The van der Waals surface area contributed by atoms with Gasteiger partial charge in [-0.2, -0.15) is 0 Å². The molecule has 0 radical (unpaired) electrons. The fourth-order valence-corrected chi connectivity index (χ4v) is 2.49. The highest BCUT2D eigenvalue weighted by atomic mass is 16.2. The summed E-state index contributed by atoms with van der Waals surface area (Å²) in [7, 11) is 0. The quantitative estimate of drug-likeness (QED) is 0.649. The van der Waals surface area contributed by atoms with Crippen LogP contribution in [0.2, 0.25) is 0 Å². The molecule has 0 saturated heterocycles. The third kappa shape index (κ3) is 1.68. The van der Waals surface area contributed by atoms with Crippen molar-refractivity contribution >= 4 is 11.8 Å². The molecule has 0 aromatic heterocycles. The zero-order valence-electron chi connectivity index (χ0n) is 10.1. The number of hydrogen-bond acceptors (Lipinski definition) is 2. The molecule has 2 amide bonds. The molecule has 0 fully saturated rings. The van der Waals surface area contributed by atoms with Gasteiger partial charge in [-0.25, -0.2) is 0 Å². The summed E-state index contributed by atoms with van der Waals surface area (Å²) >= 11 is 0. The van der Waals surface area contributed by atoms with Crippen LogP contribution in [0.5, 0.6) is 0 Å². The first-order chi connectivity index (χ1) is 8.65. The Morgan fingerprint density at radius 3 is 2.33 bits per heavy atom. The largest absolute Gasteiger partial charge is 0.292 e. The minimum absolute atomic E-state index is 0.272. The molecule has 1 heterocycles. The maximum absolute atomic E-state index is 12.2. The van der Waals surface area contributed by atoms with E-state index < -0.39 is 5.41 Å². The van der Waals surface area contributed by atoms with Gasteiger partial charge in [0.15, 0.2) is 0 Å². The van der Waals surface area contributed by atoms with Crippen molar-refractivity contribution in [3.63, 3.8) is 0 Å². The number of fused-ring (bicyclic) bond motifs is 1. The number of carbonyl (C=O) groups excluding carboxylic acids is 2. The second-order valence-electron chi connectivity index (χ2n) is 4.40. The summed E-state index contributed by atoms with van der Waals surface area (Å²) in [5.41, 5.74) is 0.563. The molecule has 1 aliphatic heterocycles. The van der Waals surface area contributed by atoms with Gasteiger partial charge in [0.1, 0.15) is 0 Å². The molecular formula is C15H15NO2. The Balaban J connectivity index is 2.67. The molecule has 18 heavy (non-hydrogen) atoms. The normalized spacial score (nSPS) is 16.7. The number of imide groups is 1. The molecule has 0 aliphatic carbocycles. The topological polar surface area (TPSA) is 46.2 Å². The van der Waals surface area contributed by atoms with Crippen molar-refractivity contribution < 1.29 is 9.59 Å². The van der Waals surface area contributed by atoms with Crippen LogP contribution in [0.15, 0.2) is 49.6 Å². The van der Waals surface area contributed by atoms with E-state index >= 15 is 0 Å². The number of benzene rings is 1. The van der Waals surface area contributed by atoms with E-state index in [-0.39, 0.29) is 11.8 Å². The van der Waals surface area contributed by atoms with E-state index in [1.807, 2.05) is 12.1 Å². The Kier molecular flexibility index (Phi) is 3.15. The molecule has 0 atom stereocenters. The first-order valence-corrected chi connectivity index (χ1v) is 5.83. The van der Waals surface area contributed by atoms with E-state index in [2.05, 4.69) is 18.5 Å². The summed E-state index contributed by atoms with van der Waals surface area (Å²) in [5.74, 6) is -0.606. The van der Waals surface area contributed by atoms with Crippen LogP contribution in [0.3, 0.4) is 0 Å². The molecule has 0 unspecified atom stereocenters. The maximum atomic E-state index is 12.2. The summed E-state index contributed by atoms with van der Waals surface area (Å²) in [5, 5.41) is 2.42. The van der Waals surface area contributed by atoms with Gasteiger partial charge in [-0.15, -0.1) is 13.2 Å². The zero-order chi connectivity index (χ0) is 13.2. The van der Waals surface area contributed by atoms with Gasteiger partial charge in [0, 0.05) is 5.56 Å². The molecule has 0 bridgehead atoms. The van der Waals surface area contributed by atoms with Crippen molar-refractivity contribution in [3.8, 4) is 0 Å². The molecule has 3 nitrogen and oxygen atoms in total. The first-order valence-electron chi connectivity index (χ1n) is 5.83. The Hall–Kier alpha value is -2.16. The lowest BCUT2D eigenvalue weighted by Gasteiger charge is -2.35. The van der Waals surface area contributed by atoms with Gasteiger partial charge in [-0.3, -0.25) is 14.9 Å². The van der Waals surface area contributed by atoms with Crippen LogP contribution in [0.1, 0.15) is 28.8 Å². The van der Waals surface area contributed by atoms with Crippen LogP contribution in [0.25, 0.3) is 0 Å². The van der Waals surface area contributed by atoms with Crippen molar-refractivity contribution in [2.24, 2.45) is 0 Å². The van der Waals surface area contributed by atoms with Crippen LogP contribution in [0, 0.1) is 0 Å². The fourth-order valence-electron chi connectivity index (χ4n) is 2.49. The molecule has 3 heteroatoms. The Morgan fingerprint density at radius 1 is 1.11 bits per heavy atom. The maximum Gasteiger partial charge on any atom is 0.258 e.